The highest BCUT2D eigenvalue weighted by Gasteiger charge is 2.37. The van der Waals surface area contributed by atoms with Gasteiger partial charge in [-0.05, 0) is 24.7 Å². The number of ether oxygens (including phenoxy) is 1. The van der Waals surface area contributed by atoms with Gasteiger partial charge in [-0.3, -0.25) is 0 Å². The van der Waals surface area contributed by atoms with Gasteiger partial charge in [0.25, 0.3) is 0 Å². The van der Waals surface area contributed by atoms with Gasteiger partial charge in [-0.1, -0.05) is 39.5 Å². The Hall–Kier alpha value is -0.570. The van der Waals surface area contributed by atoms with E-state index in [1.165, 1.54) is 32.1 Å². The van der Waals surface area contributed by atoms with Gasteiger partial charge in [0.2, 0.25) is 0 Å². The van der Waals surface area contributed by atoms with E-state index in [9.17, 15) is 9.90 Å². The van der Waals surface area contributed by atoms with E-state index in [1.807, 2.05) is 0 Å². The number of carbonyl (C=O) groups excluding carboxylic acids is 1. The molecule has 0 aromatic rings. The van der Waals surface area contributed by atoms with Crippen LogP contribution in [0, 0.1) is 11.8 Å². The van der Waals surface area contributed by atoms with Crippen molar-refractivity contribution < 1.29 is 14.6 Å². The molecule has 0 radical (unpaired) electrons. The number of hydrogen-bond acceptors (Lipinski definition) is 3. The van der Waals surface area contributed by atoms with Gasteiger partial charge in [0.1, 0.15) is 0 Å². The Bertz CT molecular complexity index is 215. The van der Waals surface area contributed by atoms with Crippen LogP contribution in [-0.4, -0.2) is 23.8 Å². The molecule has 3 atom stereocenters. The first-order chi connectivity index (χ1) is 7.69. The van der Waals surface area contributed by atoms with E-state index in [0.717, 1.165) is 5.92 Å². The number of esters is 1. The lowest BCUT2D eigenvalue weighted by atomic mass is 10.1. The quantitative estimate of drug-likeness (QED) is 0.513. The second-order valence-corrected chi connectivity index (χ2v) is 4.81. The Labute approximate surface area is 98.2 Å². The van der Waals surface area contributed by atoms with Gasteiger partial charge in [-0.2, -0.15) is 0 Å². The molecule has 1 N–H and O–H groups in total. The lowest BCUT2D eigenvalue weighted by Crippen LogP contribution is -2.23. The monoisotopic (exact) mass is 228 g/mol. The van der Waals surface area contributed by atoms with Crippen LogP contribution in [0.4, 0.5) is 0 Å². The third-order valence-electron chi connectivity index (χ3n) is 3.35. The predicted octanol–water partition coefficient (Wildman–Crippen LogP) is 2.52. The molecule has 1 aliphatic carbocycles. The Morgan fingerprint density at radius 3 is 2.75 bits per heavy atom. The summed E-state index contributed by atoms with van der Waals surface area (Å²) in [7, 11) is 0. The van der Waals surface area contributed by atoms with Crippen LogP contribution in [0.1, 0.15) is 52.4 Å². The first-order valence-corrected chi connectivity index (χ1v) is 6.53. The number of carbonyl (C=O) groups is 1. The van der Waals surface area contributed by atoms with Crippen molar-refractivity contribution >= 4 is 5.97 Å². The van der Waals surface area contributed by atoms with Gasteiger partial charge < -0.3 is 9.84 Å². The first-order valence-electron chi connectivity index (χ1n) is 6.53. The minimum Gasteiger partial charge on any atom is -0.463 e. The number of aliphatic hydroxyl groups excluding tert-OH is 1. The maximum absolute atomic E-state index is 11.2. The first kappa shape index (κ1) is 13.5. The Morgan fingerprint density at radius 1 is 1.38 bits per heavy atom. The van der Waals surface area contributed by atoms with Crippen LogP contribution >= 0.6 is 0 Å². The van der Waals surface area contributed by atoms with Crippen molar-refractivity contribution in [2.24, 2.45) is 11.8 Å². The number of rotatable bonds is 8. The van der Waals surface area contributed by atoms with Gasteiger partial charge in [0.05, 0.1) is 6.61 Å². The molecule has 0 bridgehead atoms. The normalized spacial score (nSPS) is 25.2. The summed E-state index contributed by atoms with van der Waals surface area (Å²) in [6.07, 6.45) is 5.82. The lowest BCUT2D eigenvalue weighted by Gasteiger charge is -2.08. The summed E-state index contributed by atoms with van der Waals surface area (Å²) in [6, 6.07) is 0. The van der Waals surface area contributed by atoms with Crippen molar-refractivity contribution in [3.05, 3.63) is 0 Å². The summed E-state index contributed by atoms with van der Waals surface area (Å²) in [5, 5.41) is 9.22. The van der Waals surface area contributed by atoms with E-state index in [2.05, 4.69) is 6.92 Å². The molecular formula is C13H24O3. The molecule has 0 aliphatic heterocycles. The molecule has 1 saturated carbocycles. The van der Waals surface area contributed by atoms with E-state index in [1.54, 1.807) is 6.92 Å². The average molecular weight is 228 g/mol. The van der Waals surface area contributed by atoms with Crippen molar-refractivity contribution in [1.82, 2.24) is 0 Å². The molecule has 3 heteroatoms. The number of unbranched alkanes of at least 4 members (excludes halogenated alkanes) is 2. The molecule has 0 heterocycles. The van der Waals surface area contributed by atoms with Crippen LogP contribution in [0.3, 0.4) is 0 Å². The Morgan fingerprint density at radius 2 is 2.12 bits per heavy atom. The molecule has 0 aromatic carbocycles. The van der Waals surface area contributed by atoms with Crippen LogP contribution in [0.25, 0.3) is 0 Å². The fourth-order valence-electron chi connectivity index (χ4n) is 1.98. The van der Waals surface area contributed by atoms with Crippen LogP contribution in [0.5, 0.6) is 0 Å². The molecule has 0 saturated heterocycles. The van der Waals surface area contributed by atoms with Crippen LogP contribution < -0.4 is 0 Å². The minimum atomic E-state index is -0.933. The van der Waals surface area contributed by atoms with E-state index < -0.39 is 12.1 Å². The topological polar surface area (TPSA) is 46.5 Å². The predicted molar refractivity (Wildman–Crippen MR) is 63.0 cm³/mol. The van der Waals surface area contributed by atoms with Crippen molar-refractivity contribution in [2.75, 3.05) is 6.61 Å². The summed E-state index contributed by atoms with van der Waals surface area (Å²) in [4.78, 5) is 11.2. The second kappa shape index (κ2) is 6.89. The van der Waals surface area contributed by atoms with Crippen LogP contribution in [-0.2, 0) is 9.53 Å². The summed E-state index contributed by atoms with van der Waals surface area (Å²) in [6.45, 7) is 4.49. The fourth-order valence-corrected chi connectivity index (χ4v) is 1.98. The van der Waals surface area contributed by atoms with Gasteiger partial charge in [-0.25, -0.2) is 4.79 Å². The molecule has 16 heavy (non-hydrogen) atoms. The number of hydrogen-bond donors (Lipinski definition) is 1. The summed E-state index contributed by atoms with van der Waals surface area (Å²) in [5.74, 6) is 0.865. The van der Waals surface area contributed by atoms with Crippen LogP contribution in [0.15, 0.2) is 0 Å². The second-order valence-electron chi connectivity index (χ2n) is 4.81. The maximum atomic E-state index is 11.2. The highest BCUT2D eigenvalue weighted by atomic mass is 16.5. The van der Waals surface area contributed by atoms with Crippen LogP contribution in [0.2, 0.25) is 0 Å². The maximum Gasteiger partial charge on any atom is 0.334 e. The van der Waals surface area contributed by atoms with Gasteiger partial charge in [-0.15, -0.1) is 0 Å². The summed E-state index contributed by atoms with van der Waals surface area (Å²) >= 11 is 0. The van der Waals surface area contributed by atoms with E-state index in [0.29, 0.717) is 18.9 Å². The van der Waals surface area contributed by atoms with E-state index in [-0.39, 0.29) is 0 Å². The van der Waals surface area contributed by atoms with E-state index in [4.69, 9.17) is 4.74 Å². The Kier molecular flexibility index (Phi) is 5.81. The van der Waals surface area contributed by atoms with Crippen molar-refractivity contribution in [2.45, 2.75) is 58.5 Å². The number of aliphatic hydroxyl groups is 1. The summed E-state index contributed by atoms with van der Waals surface area (Å²) < 4.78 is 5.07. The highest BCUT2D eigenvalue weighted by Crippen LogP contribution is 2.42. The molecule has 0 aromatic heterocycles. The molecule has 1 fully saturated rings. The molecule has 0 amide bonds. The molecule has 1 rings (SSSR count). The molecule has 1 unspecified atom stereocenters. The van der Waals surface area contributed by atoms with Gasteiger partial charge in [0, 0.05) is 0 Å². The minimum absolute atomic E-state index is 0.434. The zero-order chi connectivity index (χ0) is 12.0. The molecule has 0 spiro atoms. The van der Waals surface area contributed by atoms with Gasteiger partial charge in [0.15, 0.2) is 6.10 Å². The fraction of sp³-hybridized carbons (Fsp3) is 0.923. The van der Waals surface area contributed by atoms with Crippen molar-refractivity contribution in [1.29, 1.82) is 0 Å². The van der Waals surface area contributed by atoms with Gasteiger partial charge >= 0.3 is 5.97 Å². The standard InChI is InChI=1S/C13H24O3/c1-3-5-6-7-10-8-11(10)9-16-13(15)12(14)4-2/h10-12,14H,3-9H2,1-2H3/t10-,11+,12?/m0/s1. The zero-order valence-electron chi connectivity index (χ0n) is 10.4. The molecular weight excluding hydrogens is 204 g/mol. The average Bonchev–Trinajstić information content (AvgIpc) is 3.04. The zero-order valence-corrected chi connectivity index (χ0v) is 10.4. The summed E-state index contributed by atoms with van der Waals surface area (Å²) in [5.41, 5.74) is 0. The molecule has 3 nitrogen and oxygen atoms in total. The highest BCUT2D eigenvalue weighted by molar-refractivity contribution is 5.74. The van der Waals surface area contributed by atoms with Crippen molar-refractivity contribution in [3.63, 3.8) is 0 Å². The lowest BCUT2D eigenvalue weighted by molar-refractivity contribution is -0.154. The molecule has 1 aliphatic rings. The Balaban J connectivity index is 2.02. The van der Waals surface area contributed by atoms with Crippen molar-refractivity contribution in [3.8, 4) is 0 Å². The SMILES string of the molecule is CCCCC[C@H]1C[C@@H]1COC(=O)C(O)CC. The smallest absolute Gasteiger partial charge is 0.334 e. The largest absolute Gasteiger partial charge is 0.463 e. The molecule has 94 valence electrons. The third kappa shape index (κ3) is 4.52. The third-order valence-corrected chi connectivity index (χ3v) is 3.35. The van der Waals surface area contributed by atoms with E-state index >= 15 is 0 Å².